The van der Waals surface area contributed by atoms with E-state index < -0.39 is 6.10 Å². The molecule has 0 unspecified atom stereocenters. The number of hydrogen-bond acceptors (Lipinski definition) is 5. The van der Waals surface area contributed by atoms with Crippen molar-refractivity contribution in [2.45, 2.75) is 46.6 Å². The van der Waals surface area contributed by atoms with Crippen molar-refractivity contribution in [1.82, 2.24) is 0 Å². The van der Waals surface area contributed by atoms with Crippen molar-refractivity contribution < 1.29 is 14.6 Å². The van der Waals surface area contributed by atoms with Crippen LogP contribution >= 0.6 is 0 Å². The van der Waals surface area contributed by atoms with Crippen LogP contribution < -0.4 is 20.9 Å². The van der Waals surface area contributed by atoms with Gasteiger partial charge in [-0.15, -0.1) is 0 Å². The summed E-state index contributed by atoms with van der Waals surface area (Å²) in [6.07, 6.45) is 0.449. The first-order chi connectivity index (χ1) is 14.5. The first kappa shape index (κ1) is 26.9. The Labute approximate surface area is 180 Å². The molecule has 166 valence electrons. The highest BCUT2D eigenvalue weighted by Gasteiger charge is 2.06. The number of aliphatic hydroxyl groups is 1. The third-order valence-corrected chi connectivity index (χ3v) is 3.77. The number of amidine groups is 2. The van der Waals surface area contributed by atoms with E-state index in [1.165, 1.54) is 0 Å². The summed E-state index contributed by atoms with van der Waals surface area (Å²) in [5, 5.41) is 24.7. The van der Waals surface area contributed by atoms with Gasteiger partial charge in [-0.2, -0.15) is 0 Å². The molecule has 7 nitrogen and oxygen atoms in total. The van der Waals surface area contributed by atoms with Gasteiger partial charge in [0.2, 0.25) is 0 Å². The second kappa shape index (κ2) is 15.8. The maximum absolute atomic E-state index is 9.99. The minimum absolute atomic E-state index is 0.0166. The van der Waals surface area contributed by atoms with E-state index in [-0.39, 0.29) is 11.7 Å². The largest absolute Gasteiger partial charge is 0.493 e. The van der Waals surface area contributed by atoms with Gasteiger partial charge in [0.25, 0.3) is 0 Å². The Morgan fingerprint density at radius 3 is 1.30 bits per heavy atom. The molecule has 7 N–H and O–H groups in total. The van der Waals surface area contributed by atoms with Gasteiger partial charge in [0.05, 0.1) is 19.3 Å². The molecule has 0 aliphatic heterocycles. The van der Waals surface area contributed by atoms with Gasteiger partial charge < -0.3 is 26.0 Å². The van der Waals surface area contributed by atoms with Crippen LogP contribution in [0.5, 0.6) is 11.5 Å². The molecule has 0 fully saturated rings. The lowest BCUT2D eigenvalue weighted by molar-refractivity contribution is 0.113. The van der Waals surface area contributed by atoms with Crippen molar-refractivity contribution in [3.63, 3.8) is 0 Å². The quantitative estimate of drug-likeness (QED) is 0.295. The van der Waals surface area contributed by atoms with E-state index in [2.05, 4.69) is 0 Å². The molecule has 0 radical (unpaired) electrons. The van der Waals surface area contributed by atoms with E-state index in [4.69, 9.17) is 31.8 Å². The van der Waals surface area contributed by atoms with Gasteiger partial charge in [0, 0.05) is 24.0 Å². The van der Waals surface area contributed by atoms with Crippen molar-refractivity contribution in [3.05, 3.63) is 59.7 Å². The molecule has 2 aromatic rings. The molecule has 2 rings (SSSR count). The number of hydrogen-bond donors (Lipinski definition) is 5. The molecule has 0 aromatic heterocycles. The number of nitrogen functional groups attached to an aromatic ring is 2. The summed E-state index contributed by atoms with van der Waals surface area (Å²) in [4.78, 5) is 0. The smallest absolute Gasteiger partial charge is 0.122 e. The van der Waals surface area contributed by atoms with Crippen LogP contribution in [0.1, 0.15) is 51.7 Å². The summed E-state index contributed by atoms with van der Waals surface area (Å²) < 4.78 is 11.1. The monoisotopic (exact) mass is 416 g/mol. The summed E-state index contributed by atoms with van der Waals surface area (Å²) in [6, 6.07) is 13.9. The first-order valence-electron chi connectivity index (χ1n) is 10.3. The summed E-state index contributed by atoms with van der Waals surface area (Å²) in [7, 11) is 0. The maximum atomic E-state index is 9.99. The van der Waals surface area contributed by atoms with E-state index in [0.717, 1.165) is 0 Å². The molecule has 0 aliphatic rings. The lowest BCUT2D eigenvalue weighted by atomic mass is 10.2. The summed E-state index contributed by atoms with van der Waals surface area (Å²) in [6.45, 7) is 8.77. The van der Waals surface area contributed by atoms with E-state index in [9.17, 15) is 5.11 Å². The van der Waals surface area contributed by atoms with Gasteiger partial charge in [-0.1, -0.05) is 27.7 Å². The zero-order chi connectivity index (χ0) is 22.9. The van der Waals surface area contributed by atoms with Crippen LogP contribution in [0.2, 0.25) is 0 Å². The minimum atomic E-state index is -0.525. The van der Waals surface area contributed by atoms with Gasteiger partial charge in [-0.3, -0.25) is 10.8 Å². The average molecular weight is 417 g/mol. The minimum Gasteiger partial charge on any atom is -0.493 e. The van der Waals surface area contributed by atoms with Gasteiger partial charge in [-0.05, 0) is 48.5 Å². The molecular formula is C23H36N4O3. The molecule has 0 atom stereocenters. The van der Waals surface area contributed by atoms with Crippen LogP contribution in [-0.2, 0) is 0 Å². The molecule has 0 saturated heterocycles. The summed E-state index contributed by atoms with van der Waals surface area (Å²) in [5.74, 6) is 1.37. The van der Waals surface area contributed by atoms with Gasteiger partial charge in [-0.25, -0.2) is 0 Å². The predicted molar refractivity (Wildman–Crippen MR) is 124 cm³/mol. The second-order valence-corrected chi connectivity index (χ2v) is 5.80. The Morgan fingerprint density at radius 2 is 1.03 bits per heavy atom. The molecule has 0 amide bonds. The lowest BCUT2D eigenvalue weighted by Crippen LogP contribution is -2.16. The average Bonchev–Trinajstić information content (AvgIpc) is 2.77. The highest BCUT2D eigenvalue weighted by molar-refractivity contribution is 5.95. The number of nitrogens with one attached hydrogen (secondary N) is 2. The van der Waals surface area contributed by atoms with Crippen LogP contribution in [0.15, 0.2) is 48.5 Å². The number of benzene rings is 2. The van der Waals surface area contributed by atoms with Crippen molar-refractivity contribution in [2.24, 2.45) is 11.5 Å². The SMILES string of the molecule is CC.CC.N=C(N)c1ccc(OCCC(O)CCOc2ccc(C(=N)N)cc2)cc1. The van der Waals surface area contributed by atoms with Crippen molar-refractivity contribution in [3.8, 4) is 11.5 Å². The van der Waals surface area contributed by atoms with Crippen molar-refractivity contribution >= 4 is 11.7 Å². The Hall–Kier alpha value is -3.06. The summed E-state index contributed by atoms with van der Waals surface area (Å²) >= 11 is 0. The molecule has 0 bridgehead atoms. The third-order valence-electron chi connectivity index (χ3n) is 3.77. The lowest BCUT2D eigenvalue weighted by Gasteiger charge is -2.13. The van der Waals surface area contributed by atoms with Crippen LogP contribution in [0.25, 0.3) is 0 Å². The number of nitrogens with two attached hydrogens (primary N) is 2. The molecular weight excluding hydrogens is 380 g/mol. The van der Waals surface area contributed by atoms with Crippen molar-refractivity contribution in [2.75, 3.05) is 13.2 Å². The zero-order valence-electron chi connectivity index (χ0n) is 18.4. The molecule has 0 saturated carbocycles. The van der Waals surface area contributed by atoms with Gasteiger partial charge >= 0.3 is 0 Å². The molecule has 7 heteroatoms. The topological polar surface area (TPSA) is 138 Å². The van der Waals surface area contributed by atoms with Crippen LogP contribution in [-0.4, -0.2) is 36.1 Å². The van der Waals surface area contributed by atoms with Gasteiger partial charge in [0.15, 0.2) is 0 Å². The fraction of sp³-hybridized carbons (Fsp3) is 0.391. The Balaban J connectivity index is 0.00000198. The van der Waals surface area contributed by atoms with Gasteiger partial charge in [0.1, 0.15) is 23.2 Å². The van der Waals surface area contributed by atoms with Crippen LogP contribution in [0.4, 0.5) is 0 Å². The van der Waals surface area contributed by atoms with Crippen LogP contribution in [0, 0.1) is 10.8 Å². The standard InChI is InChI=1S/C19H24N4O3.2C2H6/c20-18(21)13-1-5-16(6-2-13)25-11-9-15(24)10-12-26-17-7-3-14(4-8-17)19(22)23;2*1-2/h1-8,15,24H,9-12H2,(H3,20,21)(H3,22,23);2*1-2H3. The first-order valence-corrected chi connectivity index (χ1v) is 10.3. The summed E-state index contributed by atoms with van der Waals surface area (Å²) in [5.41, 5.74) is 12.1. The fourth-order valence-electron chi connectivity index (χ4n) is 2.23. The molecule has 0 spiro atoms. The second-order valence-electron chi connectivity index (χ2n) is 5.80. The highest BCUT2D eigenvalue weighted by atomic mass is 16.5. The number of ether oxygens (including phenoxy) is 2. The van der Waals surface area contributed by atoms with Crippen molar-refractivity contribution in [1.29, 1.82) is 10.8 Å². The van der Waals surface area contributed by atoms with E-state index in [1.807, 2.05) is 27.7 Å². The number of aliphatic hydroxyl groups excluding tert-OH is 1. The normalized spacial score (nSPS) is 10.4. The predicted octanol–water partition coefficient (Wildman–Crippen LogP) is 3.91. The van der Waals surface area contributed by atoms with Crippen LogP contribution in [0.3, 0.4) is 0 Å². The molecule has 0 aliphatic carbocycles. The molecule has 0 heterocycles. The number of rotatable bonds is 10. The molecule has 2 aromatic carbocycles. The Kier molecular flexibility index (Phi) is 14.2. The highest BCUT2D eigenvalue weighted by Crippen LogP contribution is 2.14. The zero-order valence-corrected chi connectivity index (χ0v) is 18.4. The molecule has 30 heavy (non-hydrogen) atoms. The Morgan fingerprint density at radius 1 is 0.733 bits per heavy atom. The van der Waals surface area contributed by atoms with E-state index in [1.54, 1.807) is 48.5 Å². The maximum Gasteiger partial charge on any atom is 0.122 e. The fourth-order valence-corrected chi connectivity index (χ4v) is 2.23. The third kappa shape index (κ3) is 10.5. The van der Waals surface area contributed by atoms with E-state index in [0.29, 0.717) is 48.7 Å². The van der Waals surface area contributed by atoms with E-state index >= 15 is 0 Å². The Bertz CT molecular complexity index is 668.